The smallest absolute Gasteiger partial charge is 0.261 e. The van der Waals surface area contributed by atoms with Gasteiger partial charge in [0, 0.05) is 10.8 Å². The summed E-state index contributed by atoms with van der Waals surface area (Å²) in [5.74, 6) is 0.126. The van der Waals surface area contributed by atoms with Crippen molar-refractivity contribution in [3.05, 3.63) is 66.2 Å². The quantitative estimate of drug-likeness (QED) is 0.507. The average molecular weight is 384 g/mol. The molecule has 0 spiro atoms. The van der Waals surface area contributed by atoms with Crippen LogP contribution in [0.2, 0.25) is 0 Å². The van der Waals surface area contributed by atoms with Gasteiger partial charge in [-0.05, 0) is 42.7 Å². The van der Waals surface area contributed by atoms with Crippen LogP contribution in [0, 0.1) is 0 Å². The van der Waals surface area contributed by atoms with Gasteiger partial charge in [0.2, 0.25) is 0 Å². The predicted molar refractivity (Wildman–Crippen MR) is 111 cm³/mol. The lowest BCUT2D eigenvalue weighted by Crippen LogP contribution is -2.13. The number of sulfonamides is 1. The molecule has 0 saturated heterocycles. The summed E-state index contributed by atoms with van der Waals surface area (Å²) < 4.78 is 28.2. The summed E-state index contributed by atoms with van der Waals surface area (Å²) in [7, 11) is -3.70. The van der Waals surface area contributed by atoms with E-state index in [9.17, 15) is 13.5 Å². The zero-order valence-electron chi connectivity index (χ0n) is 15.5. The van der Waals surface area contributed by atoms with Crippen LogP contribution in [0.4, 0.5) is 5.69 Å². The van der Waals surface area contributed by atoms with Crippen molar-refractivity contribution in [3.8, 4) is 5.75 Å². The van der Waals surface area contributed by atoms with Gasteiger partial charge in [-0.15, -0.1) is 0 Å². The number of phenols is 1. The maximum atomic E-state index is 12.8. The molecule has 0 amide bonds. The molecule has 0 aliphatic rings. The first-order chi connectivity index (χ1) is 13.0. The molecule has 2 N–H and O–H groups in total. The summed E-state index contributed by atoms with van der Waals surface area (Å²) >= 11 is 0. The van der Waals surface area contributed by atoms with Crippen LogP contribution in [0.15, 0.2) is 65.6 Å². The Morgan fingerprint density at radius 3 is 2.30 bits per heavy atom. The van der Waals surface area contributed by atoms with Gasteiger partial charge in [-0.3, -0.25) is 4.72 Å². The third kappa shape index (κ3) is 4.61. The van der Waals surface area contributed by atoms with E-state index in [1.807, 2.05) is 12.1 Å². The minimum Gasteiger partial charge on any atom is -0.507 e. The number of hydrogen-bond donors (Lipinski definition) is 2. The molecule has 27 heavy (non-hydrogen) atoms. The molecule has 0 aliphatic heterocycles. The molecular weight excluding hydrogens is 358 g/mol. The zero-order chi connectivity index (χ0) is 19.3. The predicted octanol–water partition coefficient (Wildman–Crippen LogP) is 5.47. The van der Waals surface area contributed by atoms with Gasteiger partial charge in [0.05, 0.1) is 10.6 Å². The highest BCUT2D eigenvalue weighted by Gasteiger charge is 2.16. The number of unbranched alkanes of at least 4 members (excludes halogenated alkanes) is 3. The van der Waals surface area contributed by atoms with Gasteiger partial charge >= 0.3 is 0 Å². The van der Waals surface area contributed by atoms with Gasteiger partial charge in [-0.2, -0.15) is 0 Å². The van der Waals surface area contributed by atoms with Gasteiger partial charge in [0.25, 0.3) is 10.0 Å². The van der Waals surface area contributed by atoms with E-state index in [1.54, 1.807) is 48.5 Å². The standard InChI is InChI=1S/C22H25NO3S/c1-2-3-4-5-8-17-13-15-18(16-14-17)27(25,26)23-21-11-6-10-20-19(21)9-7-12-22(20)24/h6-7,9-16,23-24H,2-5,8H2,1H3. The first kappa shape index (κ1) is 19.2. The van der Waals surface area contributed by atoms with E-state index < -0.39 is 10.0 Å². The maximum absolute atomic E-state index is 12.8. The number of nitrogens with one attached hydrogen (secondary N) is 1. The first-order valence-corrected chi connectivity index (χ1v) is 10.8. The zero-order valence-corrected chi connectivity index (χ0v) is 16.3. The van der Waals surface area contributed by atoms with Crippen LogP contribution in [-0.2, 0) is 16.4 Å². The monoisotopic (exact) mass is 383 g/mol. The molecule has 0 fully saturated rings. The highest BCUT2D eigenvalue weighted by Crippen LogP contribution is 2.31. The number of anilines is 1. The molecule has 142 valence electrons. The normalized spacial score (nSPS) is 11.6. The van der Waals surface area contributed by atoms with Crippen LogP contribution in [0.5, 0.6) is 5.75 Å². The molecule has 3 aromatic carbocycles. The van der Waals surface area contributed by atoms with Crippen LogP contribution in [0.3, 0.4) is 0 Å². The van der Waals surface area contributed by atoms with E-state index in [-0.39, 0.29) is 10.6 Å². The van der Waals surface area contributed by atoms with Crippen molar-refractivity contribution in [3.63, 3.8) is 0 Å². The number of hydrogen-bond acceptors (Lipinski definition) is 3. The van der Waals surface area contributed by atoms with Gasteiger partial charge < -0.3 is 5.11 Å². The summed E-state index contributed by atoms with van der Waals surface area (Å²) in [6, 6.07) is 17.3. The average Bonchev–Trinajstić information content (AvgIpc) is 2.66. The maximum Gasteiger partial charge on any atom is 0.261 e. The Labute approximate surface area is 160 Å². The molecule has 3 rings (SSSR count). The van der Waals surface area contributed by atoms with Crippen LogP contribution in [-0.4, -0.2) is 13.5 Å². The lowest BCUT2D eigenvalue weighted by molar-refractivity contribution is 0.481. The Morgan fingerprint density at radius 1 is 0.852 bits per heavy atom. The van der Waals surface area contributed by atoms with Crippen LogP contribution in [0.25, 0.3) is 10.8 Å². The molecule has 4 nitrogen and oxygen atoms in total. The molecule has 5 heteroatoms. The van der Waals surface area contributed by atoms with E-state index in [0.29, 0.717) is 16.5 Å². The molecule has 0 saturated carbocycles. The number of aromatic hydroxyl groups is 1. The molecule has 0 aromatic heterocycles. The number of phenolic OH excluding ortho intramolecular Hbond substituents is 1. The molecule has 0 radical (unpaired) electrons. The van der Waals surface area contributed by atoms with Crippen LogP contribution >= 0.6 is 0 Å². The lowest BCUT2D eigenvalue weighted by atomic mass is 10.1. The van der Waals surface area contributed by atoms with E-state index >= 15 is 0 Å². The fourth-order valence-electron chi connectivity index (χ4n) is 3.18. The van der Waals surface area contributed by atoms with Gasteiger partial charge in [0.15, 0.2) is 0 Å². The molecule has 0 unspecified atom stereocenters. The minimum absolute atomic E-state index is 0.126. The SMILES string of the molecule is CCCCCCc1ccc(S(=O)(=O)Nc2cccc3c(O)cccc23)cc1. The lowest BCUT2D eigenvalue weighted by Gasteiger charge is -2.12. The summed E-state index contributed by atoms with van der Waals surface area (Å²) in [6.07, 6.45) is 5.73. The van der Waals surface area contributed by atoms with Crippen molar-refractivity contribution in [2.45, 2.75) is 43.9 Å². The Balaban J connectivity index is 1.78. The molecule has 0 bridgehead atoms. The van der Waals surface area contributed by atoms with Crippen molar-refractivity contribution < 1.29 is 13.5 Å². The fourth-order valence-corrected chi connectivity index (χ4v) is 4.26. The number of rotatable bonds is 8. The second kappa shape index (κ2) is 8.44. The van der Waals surface area contributed by atoms with Crippen LogP contribution in [0.1, 0.15) is 38.2 Å². The second-order valence-electron chi connectivity index (χ2n) is 6.74. The topological polar surface area (TPSA) is 66.4 Å². The summed E-state index contributed by atoms with van der Waals surface area (Å²) in [6.45, 7) is 2.18. The van der Waals surface area contributed by atoms with Crippen molar-refractivity contribution in [2.24, 2.45) is 0 Å². The van der Waals surface area contributed by atoms with E-state index in [1.165, 1.54) is 19.3 Å². The molecule has 3 aromatic rings. The van der Waals surface area contributed by atoms with Crippen molar-refractivity contribution >= 4 is 26.5 Å². The van der Waals surface area contributed by atoms with E-state index in [2.05, 4.69) is 11.6 Å². The Hall–Kier alpha value is -2.53. The number of benzene rings is 3. The van der Waals surface area contributed by atoms with E-state index in [0.717, 1.165) is 18.4 Å². The Kier molecular flexibility index (Phi) is 6.01. The highest BCUT2D eigenvalue weighted by atomic mass is 32.2. The summed E-state index contributed by atoms with van der Waals surface area (Å²) in [5.41, 5.74) is 1.60. The van der Waals surface area contributed by atoms with Gasteiger partial charge in [-0.25, -0.2) is 8.42 Å². The van der Waals surface area contributed by atoms with Gasteiger partial charge in [-0.1, -0.05) is 62.6 Å². The minimum atomic E-state index is -3.70. The van der Waals surface area contributed by atoms with Crippen molar-refractivity contribution in [1.29, 1.82) is 0 Å². The molecule has 0 heterocycles. The molecule has 0 atom stereocenters. The summed E-state index contributed by atoms with van der Waals surface area (Å²) in [5, 5.41) is 11.2. The van der Waals surface area contributed by atoms with E-state index in [4.69, 9.17) is 0 Å². The van der Waals surface area contributed by atoms with Crippen LogP contribution < -0.4 is 4.72 Å². The van der Waals surface area contributed by atoms with Crippen molar-refractivity contribution in [1.82, 2.24) is 0 Å². The largest absolute Gasteiger partial charge is 0.507 e. The first-order valence-electron chi connectivity index (χ1n) is 9.34. The fraction of sp³-hybridized carbons (Fsp3) is 0.273. The molecular formula is C22H25NO3S. The third-order valence-electron chi connectivity index (χ3n) is 4.70. The number of fused-ring (bicyclic) bond motifs is 1. The summed E-state index contributed by atoms with van der Waals surface area (Å²) in [4.78, 5) is 0.233. The highest BCUT2D eigenvalue weighted by molar-refractivity contribution is 7.92. The van der Waals surface area contributed by atoms with Gasteiger partial charge in [0.1, 0.15) is 5.75 Å². The molecule has 0 aliphatic carbocycles. The Morgan fingerprint density at radius 2 is 1.56 bits per heavy atom. The van der Waals surface area contributed by atoms with Crippen molar-refractivity contribution in [2.75, 3.05) is 4.72 Å². The second-order valence-corrected chi connectivity index (χ2v) is 8.42. The number of aryl methyl sites for hydroxylation is 1. The third-order valence-corrected chi connectivity index (χ3v) is 6.08. The Bertz CT molecular complexity index is 1010.